The van der Waals surface area contributed by atoms with E-state index >= 15 is 0 Å². The predicted octanol–water partition coefficient (Wildman–Crippen LogP) is 3.80. The maximum absolute atomic E-state index is 12.9. The van der Waals surface area contributed by atoms with Gasteiger partial charge in [0.1, 0.15) is 11.4 Å². The summed E-state index contributed by atoms with van der Waals surface area (Å²) in [6.45, 7) is 5.63. The molecule has 150 valence electrons. The van der Waals surface area contributed by atoms with Crippen molar-refractivity contribution in [3.8, 4) is 17.0 Å². The molecule has 1 atom stereocenters. The van der Waals surface area contributed by atoms with E-state index in [4.69, 9.17) is 4.74 Å². The fourth-order valence-corrected chi connectivity index (χ4v) is 3.47. The number of hydrogen-bond donors (Lipinski definition) is 2. The Balaban J connectivity index is 1.47. The number of amides is 1. The average Bonchev–Trinajstić information content (AvgIpc) is 3.22. The second kappa shape index (κ2) is 8.09. The molecule has 3 aromatic rings. The van der Waals surface area contributed by atoms with Gasteiger partial charge in [-0.15, -0.1) is 0 Å². The van der Waals surface area contributed by atoms with Crippen molar-refractivity contribution in [1.82, 2.24) is 15.1 Å². The summed E-state index contributed by atoms with van der Waals surface area (Å²) in [5.41, 5.74) is 3.87. The molecule has 6 nitrogen and oxygen atoms in total. The largest absolute Gasteiger partial charge is 0.493 e. The highest BCUT2D eigenvalue weighted by Crippen LogP contribution is 2.28. The Bertz CT molecular complexity index is 995. The molecular formula is C23H25N3O3. The van der Waals surface area contributed by atoms with E-state index < -0.39 is 6.10 Å². The number of fused-ring (bicyclic) bond motifs is 1. The number of nitrogens with one attached hydrogen (secondary N) is 1. The Morgan fingerprint density at radius 2 is 2.00 bits per heavy atom. The fourth-order valence-electron chi connectivity index (χ4n) is 3.47. The number of aliphatic hydroxyl groups is 1. The number of nitrogens with zero attached hydrogens (tertiary/aromatic N) is 2. The predicted molar refractivity (Wildman–Crippen MR) is 110 cm³/mol. The van der Waals surface area contributed by atoms with Crippen LogP contribution in [0, 0.1) is 5.92 Å². The van der Waals surface area contributed by atoms with Gasteiger partial charge < -0.3 is 14.7 Å². The minimum atomic E-state index is -0.676. The van der Waals surface area contributed by atoms with Crippen LogP contribution < -0.4 is 4.74 Å². The number of ether oxygens (including phenoxy) is 1. The standard InChI is InChI=1S/C23H25N3O3/c1-15(2)14-29-18-9-7-16(8-10-18)20-11-21(25-24-20)23(28)26-12-17-5-3-4-6-19(17)22(27)13-26/h3-11,15,22,27H,12-14H2,1-2H3,(H,24,25)/t22-/m0/s1. The van der Waals surface area contributed by atoms with Gasteiger partial charge in [-0.1, -0.05) is 38.1 Å². The lowest BCUT2D eigenvalue weighted by molar-refractivity contribution is 0.0544. The lowest BCUT2D eigenvalue weighted by Gasteiger charge is -2.31. The quantitative estimate of drug-likeness (QED) is 0.693. The van der Waals surface area contributed by atoms with Crippen molar-refractivity contribution in [3.05, 3.63) is 71.4 Å². The molecule has 0 bridgehead atoms. The van der Waals surface area contributed by atoms with E-state index in [0.29, 0.717) is 30.5 Å². The Morgan fingerprint density at radius 1 is 1.24 bits per heavy atom. The van der Waals surface area contributed by atoms with Gasteiger partial charge in [0.15, 0.2) is 0 Å². The molecule has 0 fully saturated rings. The van der Waals surface area contributed by atoms with Crippen LogP contribution >= 0.6 is 0 Å². The van der Waals surface area contributed by atoms with Crippen molar-refractivity contribution in [2.75, 3.05) is 13.2 Å². The monoisotopic (exact) mass is 391 g/mol. The normalized spacial score (nSPS) is 16.0. The first kappa shape index (κ1) is 19.2. The molecule has 1 aliphatic heterocycles. The first-order chi connectivity index (χ1) is 14.0. The molecule has 0 spiro atoms. The number of carbonyl (C=O) groups is 1. The molecular weight excluding hydrogens is 366 g/mol. The Hall–Kier alpha value is -3.12. The third-order valence-corrected chi connectivity index (χ3v) is 5.00. The number of rotatable bonds is 5. The zero-order valence-electron chi connectivity index (χ0n) is 16.6. The van der Waals surface area contributed by atoms with E-state index in [2.05, 4.69) is 24.0 Å². The summed E-state index contributed by atoms with van der Waals surface area (Å²) in [4.78, 5) is 14.6. The number of H-pyrrole nitrogens is 1. The first-order valence-electron chi connectivity index (χ1n) is 9.85. The van der Waals surface area contributed by atoms with Crippen molar-refractivity contribution in [1.29, 1.82) is 0 Å². The molecule has 2 heterocycles. The summed E-state index contributed by atoms with van der Waals surface area (Å²) in [5, 5.41) is 17.5. The van der Waals surface area contributed by atoms with Crippen molar-refractivity contribution < 1.29 is 14.6 Å². The first-order valence-corrected chi connectivity index (χ1v) is 9.85. The van der Waals surface area contributed by atoms with Gasteiger partial charge in [-0.05, 0) is 47.4 Å². The lowest BCUT2D eigenvalue weighted by Crippen LogP contribution is -2.38. The third kappa shape index (κ3) is 4.17. The number of carbonyl (C=O) groups excluding carboxylic acids is 1. The molecule has 0 saturated heterocycles. The van der Waals surface area contributed by atoms with Gasteiger partial charge in [0, 0.05) is 12.1 Å². The van der Waals surface area contributed by atoms with E-state index in [0.717, 1.165) is 22.4 Å². The van der Waals surface area contributed by atoms with Crippen LogP contribution in [0.5, 0.6) is 5.75 Å². The number of aromatic nitrogens is 2. The van der Waals surface area contributed by atoms with Gasteiger partial charge in [0.25, 0.3) is 5.91 Å². The highest BCUT2D eigenvalue weighted by Gasteiger charge is 2.28. The van der Waals surface area contributed by atoms with Crippen LogP contribution in [0.25, 0.3) is 11.3 Å². The Kier molecular flexibility index (Phi) is 5.36. The Morgan fingerprint density at radius 3 is 2.76 bits per heavy atom. The lowest BCUT2D eigenvalue weighted by atomic mass is 9.97. The van der Waals surface area contributed by atoms with Crippen LogP contribution in [0.2, 0.25) is 0 Å². The van der Waals surface area contributed by atoms with Gasteiger partial charge in [-0.3, -0.25) is 9.89 Å². The van der Waals surface area contributed by atoms with E-state index in [1.807, 2.05) is 48.5 Å². The van der Waals surface area contributed by atoms with E-state index in [1.54, 1.807) is 11.0 Å². The van der Waals surface area contributed by atoms with Crippen LogP contribution in [0.15, 0.2) is 54.6 Å². The van der Waals surface area contributed by atoms with Gasteiger partial charge in [-0.25, -0.2) is 0 Å². The second-order valence-electron chi connectivity index (χ2n) is 7.80. The summed E-state index contributed by atoms with van der Waals surface area (Å²) in [7, 11) is 0. The number of aromatic amines is 1. The van der Waals surface area contributed by atoms with Crippen LogP contribution in [0.1, 0.15) is 41.6 Å². The fraction of sp³-hybridized carbons (Fsp3) is 0.304. The van der Waals surface area contributed by atoms with Crippen molar-refractivity contribution in [3.63, 3.8) is 0 Å². The highest BCUT2D eigenvalue weighted by atomic mass is 16.5. The number of β-amino-alcohol motifs (C(OH)–C–C–N with tert-alkyl or cyclic N) is 1. The highest BCUT2D eigenvalue weighted by molar-refractivity contribution is 5.93. The third-order valence-electron chi connectivity index (χ3n) is 5.00. The molecule has 0 aliphatic carbocycles. The van der Waals surface area contributed by atoms with Crippen LogP contribution in [-0.2, 0) is 6.54 Å². The van der Waals surface area contributed by atoms with Gasteiger partial charge in [-0.2, -0.15) is 5.10 Å². The smallest absolute Gasteiger partial charge is 0.272 e. The van der Waals surface area contributed by atoms with Gasteiger partial charge in [0.05, 0.1) is 24.9 Å². The minimum Gasteiger partial charge on any atom is -0.493 e. The molecule has 0 saturated carbocycles. The summed E-state index contributed by atoms with van der Waals surface area (Å²) in [5.74, 6) is 1.11. The topological polar surface area (TPSA) is 78.5 Å². The van der Waals surface area contributed by atoms with E-state index in [9.17, 15) is 9.90 Å². The van der Waals surface area contributed by atoms with E-state index in [1.165, 1.54) is 0 Å². The SMILES string of the molecule is CC(C)COc1ccc(-c2cc(C(=O)N3Cc4ccccc4[C@@H](O)C3)[nH]n2)cc1. The number of aliphatic hydroxyl groups excluding tert-OH is 1. The van der Waals surface area contributed by atoms with Crippen molar-refractivity contribution in [2.24, 2.45) is 5.92 Å². The van der Waals surface area contributed by atoms with Crippen LogP contribution in [-0.4, -0.2) is 39.3 Å². The molecule has 1 aromatic heterocycles. The van der Waals surface area contributed by atoms with E-state index in [-0.39, 0.29) is 12.5 Å². The molecule has 2 N–H and O–H groups in total. The molecule has 0 radical (unpaired) electrons. The maximum Gasteiger partial charge on any atom is 0.272 e. The van der Waals surface area contributed by atoms with Crippen LogP contribution in [0.3, 0.4) is 0 Å². The maximum atomic E-state index is 12.9. The van der Waals surface area contributed by atoms with Gasteiger partial charge >= 0.3 is 0 Å². The summed E-state index contributed by atoms with van der Waals surface area (Å²) in [6, 6.07) is 17.1. The Labute approximate surface area is 170 Å². The molecule has 6 heteroatoms. The van der Waals surface area contributed by atoms with Crippen molar-refractivity contribution in [2.45, 2.75) is 26.5 Å². The van der Waals surface area contributed by atoms with Gasteiger partial charge in [0.2, 0.25) is 0 Å². The van der Waals surface area contributed by atoms with Crippen LogP contribution in [0.4, 0.5) is 0 Å². The second-order valence-corrected chi connectivity index (χ2v) is 7.80. The summed E-state index contributed by atoms with van der Waals surface area (Å²) >= 11 is 0. The molecule has 4 rings (SSSR count). The molecule has 1 amide bonds. The molecule has 1 aliphatic rings. The molecule has 29 heavy (non-hydrogen) atoms. The summed E-state index contributed by atoms with van der Waals surface area (Å²) < 4.78 is 5.71. The summed E-state index contributed by atoms with van der Waals surface area (Å²) in [6.07, 6.45) is -0.676. The zero-order valence-corrected chi connectivity index (χ0v) is 16.6. The number of hydrogen-bond acceptors (Lipinski definition) is 4. The molecule has 2 aromatic carbocycles. The molecule has 0 unspecified atom stereocenters. The average molecular weight is 391 g/mol. The minimum absolute atomic E-state index is 0.172. The number of benzene rings is 2. The zero-order chi connectivity index (χ0) is 20.4. The van der Waals surface area contributed by atoms with Crippen molar-refractivity contribution >= 4 is 5.91 Å².